The summed E-state index contributed by atoms with van der Waals surface area (Å²) < 4.78 is 13.1. The lowest BCUT2D eigenvalue weighted by molar-refractivity contribution is 0.132. The van der Waals surface area contributed by atoms with Crippen LogP contribution in [-0.2, 0) is 11.4 Å². The molecule has 0 fully saturated rings. The molecule has 0 atom stereocenters. The first-order chi connectivity index (χ1) is 11.3. The van der Waals surface area contributed by atoms with Gasteiger partial charge in [0, 0.05) is 5.56 Å². The molecule has 3 rings (SSSR count). The van der Waals surface area contributed by atoms with Crippen molar-refractivity contribution >= 4 is 6.21 Å². The van der Waals surface area contributed by atoms with Crippen molar-refractivity contribution < 1.29 is 9.23 Å². The van der Waals surface area contributed by atoms with Crippen molar-refractivity contribution in [3.63, 3.8) is 0 Å². The van der Waals surface area contributed by atoms with E-state index in [0.29, 0.717) is 12.2 Å². The second-order valence-electron chi connectivity index (χ2n) is 5.01. The molecular weight excluding hydrogens is 289 g/mol. The zero-order chi connectivity index (χ0) is 15.9. The molecule has 113 valence electrons. The molecule has 0 aromatic heterocycles. The van der Waals surface area contributed by atoms with Gasteiger partial charge in [0.05, 0.1) is 0 Å². The molecule has 0 bridgehead atoms. The van der Waals surface area contributed by atoms with E-state index in [4.69, 9.17) is 4.84 Å². The molecule has 0 amide bonds. The Morgan fingerprint density at radius 1 is 0.870 bits per heavy atom. The smallest absolute Gasteiger partial charge is 0.142 e. The fourth-order valence-corrected chi connectivity index (χ4v) is 2.29. The Labute approximate surface area is 134 Å². The van der Waals surface area contributed by atoms with Crippen LogP contribution in [0.25, 0.3) is 11.1 Å². The standard InChI is InChI=1S/C20H15FNO/c21-19-11-6-7-16(13-19)14-22-23-15-18-10-4-5-12-20(18)17-8-2-1-3-9-17/h1-13H,15H2. The Morgan fingerprint density at radius 3 is 2.48 bits per heavy atom. The van der Waals surface area contributed by atoms with Crippen molar-refractivity contribution in [1.82, 2.24) is 0 Å². The van der Waals surface area contributed by atoms with Gasteiger partial charge in [0.15, 0.2) is 0 Å². The maximum atomic E-state index is 13.1. The summed E-state index contributed by atoms with van der Waals surface area (Å²) >= 11 is 0. The van der Waals surface area contributed by atoms with Crippen LogP contribution >= 0.6 is 0 Å². The molecule has 2 nitrogen and oxygen atoms in total. The maximum absolute atomic E-state index is 13.1. The van der Waals surface area contributed by atoms with Crippen LogP contribution < -0.4 is 0 Å². The van der Waals surface area contributed by atoms with Crippen LogP contribution in [0.1, 0.15) is 11.1 Å². The topological polar surface area (TPSA) is 21.6 Å². The summed E-state index contributed by atoms with van der Waals surface area (Å²) in [5, 5.41) is 3.80. The number of nitrogens with zero attached hydrogens (tertiary/aromatic N) is 1. The van der Waals surface area contributed by atoms with Crippen LogP contribution in [0.4, 0.5) is 4.39 Å². The summed E-state index contributed by atoms with van der Waals surface area (Å²) in [7, 11) is 0. The van der Waals surface area contributed by atoms with Crippen LogP contribution in [0.5, 0.6) is 0 Å². The highest BCUT2D eigenvalue weighted by molar-refractivity contribution is 5.78. The highest BCUT2D eigenvalue weighted by Gasteiger charge is 2.04. The quantitative estimate of drug-likeness (QED) is 0.484. The summed E-state index contributed by atoms with van der Waals surface area (Å²) in [6.45, 7) is 0.327. The molecule has 3 aromatic carbocycles. The number of hydrogen-bond acceptors (Lipinski definition) is 2. The molecule has 0 N–H and O–H groups in total. The van der Waals surface area contributed by atoms with E-state index < -0.39 is 0 Å². The highest BCUT2D eigenvalue weighted by atomic mass is 19.1. The van der Waals surface area contributed by atoms with E-state index in [-0.39, 0.29) is 5.82 Å². The normalized spacial score (nSPS) is 10.8. The lowest BCUT2D eigenvalue weighted by atomic mass is 10.0. The molecule has 1 radical (unpaired) electrons. The van der Waals surface area contributed by atoms with Gasteiger partial charge in [-0.3, -0.25) is 0 Å². The minimum absolute atomic E-state index is 0.320. The monoisotopic (exact) mass is 304 g/mol. The van der Waals surface area contributed by atoms with Crippen LogP contribution in [0.2, 0.25) is 0 Å². The second kappa shape index (κ2) is 7.36. The fraction of sp³-hybridized carbons (Fsp3) is 0.0500. The number of halogens is 1. The fourth-order valence-electron chi connectivity index (χ4n) is 2.29. The molecule has 0 heterocycles. The first-order valence-corrected chi connectivity index (χ1v) is 7.30. The molecule has 3 aromatic rings. The lowest BCUT2D eigenvalue weighted by Crippen LogP contribution is -1.92. The molecule has 0 saturated heterocycles. The Morgan fingerprint density at radius 2 is 1.65 bits per heavy atom. The van der Waals surface area contributed by atoms with Gasteiger partial charge < -0.3 is 4.84 Å². The molecule has 0 spiro atoms. The van der Waals surface area contributed by atoms with Gasteiger partial charge in [0.25, 0.3) is 0 Å². The van der Waals surface area contributed by atoms with Crippen molar-refractivity contribution in [2.24, 2.45) is 5.16 Å². The lowest BCUT2D eigenvalue weighted by Gasteiger charge is -2.08. The van der Waals surface area contributed by atoms with E-state index in [9.17, 15) is 4.39 Å². The van der Waals surface area contributed by atoms with Crippen molar-refractivity contribution in [3.8, 4) is 11.1 Å². The highest BCUT2D eigenvalue weighted by Crippen LogP contribution is 2.23. The molecule has 0 aliphatic carbocycles. The maximum Gasteiger partial charge on any atom is 0.142 e. The Kier molecular flexibility index (Phi) is 4.79. The van der Waals surface area contributed by atoms with Gasteiger partial charge in [0.2, 0.25) is 0 Å². The minimum Gasteiger partial charge on any atom is -0.390 e. The predicted octanol–water partition coefficient (Wildman–Crippen LogP) is 4.92. The van der Waals surface area contributed by atoms with Gasteiger partial charge in [0.1, 0.15) is 18.6 Å². The van der Waals surface area contributed by atoms with Gasteiger partial charge in [-0.1, -0.05) is 71.9 Å². The molecule has 23 heavy (non-hydrogen) atoms. The molecule has 0 unspecified atom stereocenters. The van der Waals surface area contributed by atoms with Crippen LogP contribution in [0.15, 0.2) is 84.0 Å². The summed E-state index contributed by atoms with van der Waals surface area (Å²) in [4.78, 5) is 5.32. The molecule has 0 saturated carbocycles. The Balaban J connectivity index is 1.69. The van der Waals surface area contributed by atoms with Crippen molar-refractivity contribution in [2.45, 2.75) is 6.61 Å². The van der Waals surface area contributed by atoms with E-state index in [1.807, 2.05) is 42.5 Å². The van der Waals surface area contributed by atoms with Crippen molar-refractivity contribution in [1.29, 1.82) is 0 Å². The molecule has 3 heteroatoms. The molecule has 0 aliphatic rings. The third-order valence-corrected chi connectivity index (χ3v) is 3.39. The summed E-state index contributed by atoms with van der Waals surface area (Å²) in [6.07, 6.45) is 2.68. The third-order valence-electron chi connectivity index (χ3n) is 3.39. The van der Waals surface area contributed by atoms with Crippen LogP contribution in [0.3, 0.4) is 0 Å². The van der Waals surface area contributed by atoms with Crippen molar-refractivity contribution in [2.75, 3.05) is 0 Å². The zero-order valence-corrected chi connectivity index (χ0v) is 12.4. The summed E-state index contributed by atoms with van der Waals surface area (Å²) in [6, 6.07) is 24.2. The number of benzene rings is 3. The van der Waals surface area contributed by atoms with Gasteiger partial charge in [-0.15, -0.1) is 0 Å². The Hall–Kier alpha value is -2.94. The van der Waals surface area contributed by atoms with E-state index in [1.54, 1.807) is 12.1 Å². The first kappa shape index (κ1) is 15.0. The second-order valence-corrected chi connectivity index (χ2v) is 5.01. The average Bonchev–Trinajstić information content (AvgIpc) is 2.60. The van der Waals surface area contributed by atoms with Crippen LogP contribution in [0, 0.1) is 5.82 Å². The SMILES string of the molecule is Fc1cccc(/[C]=N/OCc2ccccc2-c2ccccc2)c1. The summed E-state index contributed by atoms with van der Waals surface area (Å²) in [5.41, 5.74) is 3.81. The molecular formula is C20H15FNO. The zero-order valence-electron chi connectivity index (χ0n) is 12.4. The van der Waals surface area contributed by atoms with Crippen LogP contribution in [-0.4, -0.2) is 6.21 Å². The van der Waals surface area contributed by atoms with E-state index in [0.717, 1.165) is 16.7 Å². The van der Waals surface area contributed by atoms with Gasteiger partial charge in [-0.25, -0.2) is 4.39 Å². The largest absolute Gasteiger partial charge is 0.390 e. The van der Waals surface area contributed by atoms with Crippen molar-refractivity contribution in [3.05, 3.63) is 95.8 Å². The number of hydrogen-bond donors (Lipinski definition) is 0. The van der Waals surface area contributed by atoms with E-state index >= 15 is 0 Å². The third kappa shape index (κ3) is 4.04. The average molecular weight is 304 g/mol. The van der Waals surface area contributed by atoms with E-state index in [1.165, 1.54) is 12.1 Å². The molecule has 0 aliphatic heterocycles. The van der Waals surface area contributed by atoms with Gasteiger partial charge in [-0.2, -0.15) is 0 Å². The first-order valence-electron chi connectivity index (χ1n) is 7.30. The van der Waals surface area contributed by atoms with Gasteiger partial charge in [-0.05, 0) is 28.8 Å². The minimum atomic E-state index is -0.320. The predicted molar refractivity (Wildman–Crippen MR) is 89.6 cm³/mol. The number of rotatable bonds is 5. The van der Waals surface area contributed by atoms with E-state index in [2.05, 4.69) is 23.5 Å². The summed E-state index contributed by atoms with van der Waals surface area (Å²) in [5.74, 6) is -0.320. The van der Waals surface area contributed by atoms with Gasteiger partial charge >= 0.3 is 0 Å². The Bertz CT molecular complexity index is 800.